The van der Waals surface area contributed by atoms with E-state index < -0.39 is 6.04 Å². The van der Waals surface area contributed by atoms with Gasteiger partial charge in [-0.3, -0.25) is 9.59 Å². The first kappa shape index (κ1) is 23.8. The average Bonchev–Trinajstić information content (AvgIpc) is 2.79. The van der Waals surface area contributed by atoms with E-state index in [1.807, 2.05) is 30.3 Å². The SMILES string of the molecule is CNC(=O)[C@H](Cc1ccccc1)N(Cc1c(Cl)cccc1Cl)C(=O)Cc1ccc(F)cc1. The molecule has 3 aromatic rings. The highest BCUT2D eigenvalue weighted by Crippen LogP contribution is 2.27. The van der Waals surface area contributed by atoms with E-state index in [0.29, 0.717) is 27.6 Å². The monoisotopic (exact) mass is 472 g/mol. The Bertz CT molecular complexity index is 1050. The fraction of sp³-hybridized carbons (Fsp3) is 0.200. The summed E-state index contributed by atoms with van der Waals surface area (Å²) in [6.07, 6.45) is 0.322. The molecule has 0 bridgehead atoms. The molecule has 7 heteroatoms. The number of benzene rings is 3. The van der Waals surface area contributed by atoms with Crippen LogP contribution in [-0.4, -0.2) is 29.8 Å². The summed E-state index contributed by atoms with van der Waals surface area (Å²) < 4.78 is 13.3. The van der Waals surface area contributed by atoms with Crippen LogP contribution in [0, 0.1) is 5.82 Å². The van der Waals surface area contributed by atoms with Gasteiger partial charge < -0.3 is 10.2 Å². The minimum Gasteiger partial charge on any atom is -0.357 e. The number of carbonyl (C=O) groups is 2. The third-order valence-electron chi connectivity index (χ3n) is 5.18. The van der Waals surface area contributed by atoms with E-state index in [2.05, 4.69) is 5.32 Å². The Labute approximate surface area is 197 Å². The Balaban J connectivity index is 1.98. The number of likely N-dealkylation sites (N-methyl/N-ethyl adjacent to an activating group) is 1. The maximum atomic E-state index is 13.4. The van der Waals surface area contributed by atoms with E-state index in [1.54, 1.807) is 30.3 Å². The van der Waals surface area contributed by atoms with Crippen LogP contribution in [0.4, 0.5) is 4.39 Å². The van der Waals surface area contributed by atoms with Crippen molar-refractivity contribution in [1.82, 2.24) is 10.2 Å². The van der Waals surface area contributed by atoms with Crippen molar-refractivity contribution in [2.75, 3.05) is 7.05 Å². The van der Waals surface area contributed by atoms with Crippen LogP contribution >= 0.6 is 23.2 Å². The molecule has 0 aliphatic heterocycles. The second kappa shape index (κ2) is 11.1. The molecule has 0 spiro atoms. The summed E-state index contributed by atoms with van der Waals surface area (Å²) in [6.45, 7) is 0.0590. The van der Waals surface area contributed by atoms with E-state index in [4.69, 9.17) is 23.2 Å². The molecule has 0 aromatic heterocycles. The number of nitrogens with zero attached hydrogens (tertiary/aromatic N) is 1. The number of carbonyl (C=O) groups excluding carboxylic acids is 2. The highest BCUT2D eigenvalue weighted by atomic mass is 35.5. The summed E-state index contributed by atoms with van der Waals surface area (Å²) in [7, 11) is 1.53. The van der Waals surface area contributed by atoms with E-state index >= 15 is 0 Å². The molecular weight excluding hydrogens is 450 g/mol. The minimum atomic E-state index is -0.789. The van der Waals surface area contributed by atoms with Crippen LogP contribution in [0.5, 0.6) is 0 Å². The summed E-state index contributed by atoms with van der Waals surface area (Å²) in [5, 5.41) is 3.48. The molecule has 166 valence electrons. The number of nitrogens with one attached hydrogen (secondary N) is 1. The second-order valence-electron chi connectivity index (χ2n) is 7.34. The molecule has 0 saturated carbocycles. The fourth-order valence-electron chi connectivity index (χ4n) is 3.45. The minimum absolute atomic E-state index is 0.00460. The number of amides is 2. The van der Waals surface area contributed by atoms with Gasteiger partial charge in [0.25, 0.3) is 0 Å². The topological polar surface area (TPSA) is 49.4 Å². The lowest BCUT2D eigenvalue weighted by atomic mass is 10.0. The Morgan fingerprint density at radius 3 is 2.12 bits per heavy atom. The van der Waals surface area contributed by atoms with Gasteiger partial charge in [-0.05, 0) is 35.4 Å². The lowest BCUT2D eigenvalue weighted by Gasteiger charge is -2.31. The molecule has 4 nitrogen and oxygen atoms in total. The van der Waals surface area contributed by atoms with Crippen LogP contribution in [0.15, 0.2) is 72.8 Å². The lowest BCUT2D eigenvalue weighted by Crippen LogP contribution is -2.50. The number of hydrogen-bond donors (Lipinski definition) is 1. The van der Waals surface area contributed by atoms with Crippen molar-refractivity contribution in [2.24, 2.45) is 0 Å². The Kier molecular flexibility index (Phi) is 8.26. The molecule has 3 aromatic carbocycles. The Morgan fingerprint density at radius 2 is 1.53 bits per heavy atom. The van der Waals surface area contributed by atoms with Crippen LogP contribution in [0.2, 0.25) is 10.0 Å². The average molecular weight is 473 g/mol. The maximum Gasteiger partial charge on any atom is 0.242 e. The summed E-state index contributed by atoms with van der Waals surface area (Å²) in [5.74, 6) is -0.977. The molecule has 0 radical (unpaired) electrons. The van der Waals surface area contributed by atoms with E-state index in [0.717, 1.165) is 5.56 Å². The van der Waals surface area contributed by atoms with Gasteiger partial charge in [-0.25, -0.2) is 4.39 Å². The van der Waals surface area contributed by atoms with Crippen molar-refractivity contribution in [3.63, 3.8) is 0 Å². The standard InChI is InChI=1S/C25H23Cl2FN2O2/c1-29-25(32)23(14-17-6-3-2-4-7-17)30(16-20-21(26)8-5-9-22(20)27)24(31)15-18-10-12-19(28)13-11-18/h2-13,23H,14-16H2,1H3,(H,29,32)/t23-/m0/s1. The molecule has 1 N–H and O–H groups in total. The highest BCUT2D eigenvalue weighted by Gasteiger charge is 2.30. The normalized spacial score (nSPS) is 11.6. The van der Waals surface area contributed by atoms with Gasteiger partial charge in [0, 0.05) is 35.6 Å². The predicted molar refractivity (Wildman–Crippen MR) is 125 cm³/mol. The molecule has 1 atom stereocenters. The zero-order valence-corrected chi connectivity index (χ0v) is 19.0. The Morgan fingerprint density at radius 1 is 0.906 bits per heavy atom. The zero-order chi connectivity index (χ0) is 23.1. The zero-order valence-electron chi connectivity index (χ0n) is 17.5. The van der Waals surface area contributed by atoms with Gasteiger partial charge >= 0.3 is 0 Å². The summed E-state index contributed by atoms with van der Waals surface area (Å²) in [6, 6.07) is 19.5. The van der Waals surface area contributed by atoms with Crippen molar-refractivity contribution < 1.29 is 14.0 Å². The molecule has 0 heterocycles. The predicted octanol–water partition coefficient (Wildman–Crippen LogP) is 5.06. The molecule has 2 amide bonds. The first-order chi connectivity index (χ1) is 15.4. The van der Waals surface area contributed by atoms with Crippen LogP contribution in [-0.2, 0) is 29.0 Å². The van der Waals surface area contributed by atoms with Crippen molar-refractivity contribution >= 4 is 35.0 Å². The van der Waals surface area contributed by atoms with Crippen molar-refractivity contribution in [1.29, 1.82) is 0 Å². The quantitative estimate of drug-likeness (QED) is 0.497. The van der Waals surface area contributed by atoms with Crippen molar-refractivity contribution in [3.8, 4) is 0 Å². The molecule has 0 aliphatic rings. The molecule has 0 aliphatic carbocycles. The third-order valence-corrected chi connectivity index (χ3v) is 5.88. The smallest absolute Gasteiger partial charge is 0.242 e. The summed E-state index contributed by atoms with van der Waals surface area (Å²) in [5.41, 5.74) is 2.11. The van der Waals surface area contributed by atoms with Crippen molar-refractivity contribution in [3.05, 3.63) is 105 Å². The van der Waals surface area contributed by atoms with Gasteiger partial charge in [0.15, 0.2) is 0 Å². The largest absolute Gasteiger partial charge is 0.357 e. The van der Waals surface area contributed by atoms with Gasteiger partial charge in [0.2, 0.25) is 11.8 Å². The van der Waals surface area contributed by atoms with Gasteiger partial charge in [0.1, 0.15) is 11.9 Å². The van der Waals surface area contributed by atoms with Gasteiger partial charge in [-0.2, -0.15) is 0 Å². The van der Waals surface area contributed by atoms with E-state index in [1.165, 1.54) is 24.1 Å². The highest BCUT2D eigenvalue weighted by molar-refractivity contribution is 6.36. The van der Waals surface area contributed by atoms with E-state index in [-0.39, 0.29) is 30.6 Å². The van der Waals surface area contributed by atoms with Crippen LogP contribution < -0.4 is 5.32 Å². The lowest BCUT2D eigenvalue weighted by molar-refractivity contribution is -0.140. The molecular formula is C25H23Cl2FN2O2. The third kappa shape index (κ3) is 6.09. The second-order valence-corrected chi connectivity index (χ2v) is 8.16. The van der Waals surface area contributed by atoms with Gasteiger partial charge in [0.05, 0.1) is 6.42 Å². The van der Waals surface area contributed by atoms with Crippen LogP contribution in [0.3, 0.4) is 0 Å². The molecule has 3 rings (SSSR count). The van der Waals surface area contributed by atoms with E-state index in [9.17, 15) is 14.0 Å². The molecule has 0 fully saturated rings. The van der Waals surface area contributed by atoms with Gasteiger partial charge in [-0.15, -0.1) is 0 Å². The number of rotatable bonds is 8. The number of hydrogen-bond acceptors (Lipinski definition) is 2. The fourth-order valence-corrected chi connectivity index (χ4v) is 3.97. The van der Waals surface area contributed by atoms with Crippen LogP contribution in [0.1, 0.15) is 16.7 Å². The maximum absolute atomic E-state index is 13.4. The molecule has 32 heavy (non-hydrogen) atoms. The summed E-state index contributed by atoms with van der Waals surface area (Å²) >= 11 is 12.7. The molecule has 0 unspecified atom stereocenters. The van der Waals surface area contributed by atoms with Crippen molar-refractivity contribution in [2.45, 2.75) is 25.4 Å². The van der Waals surface area contributed by atoms with Crippen LogP contribution in [0.25, 0.3) is 0 Å². The first-order valence-electron chi connectivity index (χ1n) is 10.1. The first-order valence-corrected chi connectivity index (χ1v) is 10.9. The van der Waals surface area contributed by atoms with Gasteiger partial charge in [-0.1, -0.05) is 71.7 Å². The summed E-state index contributed by atoms with van der Waals surface area (Å²) in [4.78, 5) is 27.8. The molecule has 0 saturated heterocycles. The number of halogens is 3. The Hall–Kier alpha value is -2.89.